The molecule has 0 N–H and O–H groups in total. The summed E-state index contributed by atoms with van der Waals surface area (Å²) >= 11 is 0. The molecule has 5 heteroatoms. The number of aromatic nitrogens is 2. The molecule has 0 spiro atoms. The second kappa shape index (κ2) is 9.63. The molecule has 1 fully saturated rings. The molecule has 5 nitrogen and oxygen atoms in total. The second-order valence-electron chi connectivity index (χ2n) is 7.77. The van der Waals surface area contributed by atoms with Crippen LogP contribution in [-0.2, 0) is 17.8 Å². The van der Waals surface area contributed by atoms with E-state index in [0.717, 1.165) is 56.0 Å². The predicted octanol–water partition coefficient (Wildman–Crippen LogP) is 3.67. The van der Waals surface area contributed by atoms with Crippen LogP contribution in [0.15, 0.2) is 73.2 Å². The van der Waals surface area contributed by atoms with Crippen molar-refractivity contribution in [3.05, 3.63) is 84.4 Å². The summed E-state index contributed by atoms with van der Waals surface area (Å²) in [6.07, 6.45) is 6.23. The molecule has 0 unspecified atom stereocenters. The second-order valence-corrected chi connectivity index (χ2v) is 7.77. The average molecular weight is 401 g/mol. The van der Waals surface area contributed by atoms with Crippen molar-refractivity contribution >= 4 is 5.91 Å². The normalized spacial score (nSPS) is 17.7. The smallest absolute Gasteiger partial charge is 0.227 e. The van der Waals surface area contributed by atoms with Gasteiger partial charge in [-0.2, -0.15) is 0 Å². The number of carbonyl (C=O) groups is 1. The van der Waals surface area contributed by atoms with E-state index in [0.29, 0.717) is 0 Å². The molecule has 3 aromatic rings. The number of carbonyl (C=O) groups excluding carboxylic acids is 1. The lowest BCUT2D eigenvalue weighted by Gasteiger charge is -2.24. The molecular formula is C25H28N4O. The minimum absolute atomic E-state index is 0.0750. The molecule has 1 amide bonds. The van der Waals surface area contributed by atoms with Crippen molar-refractivity contribution in [2.75, 3.05) is 26.2 Å². The molecule has 1 aliphatic rings. The molecule has 154 valence electrons. The van der Waals surface area contributed by atoms with Crippen LogP contribution in [-0.4, -0.2) is 51.9 Å². The predicted molar refractivity (Wildman–Crippen MR) is 119 cm³/mol. The zero-order valence-corrected chi connectivity index (χ0v) is 17.4. The van der Waals surface area contributed by atoms with Gasteiger partial charge in [-0.25, -0.2) is 0 Å². The largest absolute Gasteiger partial charge is 0.341 e. The molecule has 0 bridgehead atoms. The van der Waals surface area contributed by atoms with Gasteiger partial charge < -0.3 is 4.90 Å². The highest BCUT2D eigenvalue weighted by Crippen LogP contribution is 2.27. The third-order valence-corrected chi connectivity index (χ3v) is 5.78. The van der Waals surface area contributed by atoms with Gasteiger partial charge in [0.05, 0.1) is 11.6 Å². The highest BCUT2D eigenvalue weighted by atomic mass is 16.2. The van der Waals surface area contributed by atoms with Gasteiger partial charge >= 0.3 is 0 Å². The molecule has 1 aromatic carbocycles. The van der Waals surface area contributed by atoms with E-state index in [1.165, 1.54) is 5.56 Å². The van der Waals surface area contributed by atoms with E-state index in [9.17, 15) is 4.79 Å². The topological polar surface area (TPSA) is 49.3 Å². The van der Waals surface area contributed by atoms with Crippen LogP contribution in [0.2, 0.25) is 0 Å². The summed E-state index contributed by atoms with van der Waals surface area (Å²) < 4.78 is 0. The Hall–Kier alpha value is -3.05. The Labute approximate surface area is 178 Å². The number of hydrogen-bond acceptors (Lipinski definition) is 4. The van der Waals surface area contributed by atoms with Crippen molar-refractivity contribution < 1.29 is 4.79 Å². The number of benzene rings is 1. The molecule has 4 rings (SSSR count). The van der Waals surface area contributed by atoms with Gasteiger partial charge in [0.15, 0.2) is 0 Å². The summed E-state index contributed by atoms with van der Waals surface area (Å²) in [4.78, 5) is 26.4. The van der Waals surface area contributed by atoms with E-state index in [1.54, 1.807) is 6.20 Å². The van der Waals surface area contributed by atoms with E-state index in [2.05, 4.69) is 52.1 Å². The van der Waals surface area contributed by atoms with Crippen molar-refractivity contribution in [1.82, 2.24) is 19.8 Å². The standard InChI is InChI=1S/C25H28N4O/c1-2-29-15-14-28(19-23-10-5-6-13-27-23)18-22(25(29)30)16-20-8-3-4-11-24(20)21-9-7-12-26-17-21/h3-13,17,22H,2,14-16,18-19H2,1H3/t22-/m1/s1. The maximum Gasteiger partial charge on any atom is 0.227 e. The first-order valence-electron chi connectivity index (χ1n) is 10.6. The fourth-order valence-corrected chi connectivity index (χ4v) is 4.21. The van der Waals surface area contributed by atoms with E-state index in [4.69, 9.17) is 0 Å². The summed E-state index contributed by atoms with van der Waals surface area (Å²) in [6, 6.07) is 18.4. The van der Waals surface area contributed by atoms with Crippen molar-refractivity contribution in [3.63, 3.8) is 0 Å². The average Bonchev–Trinajstić information content (AvgIpc) is 2.94. The van der Waals surface area contributed by atoms with E-state index in [1.807, 2.05) is 41.6 Å². The van der Waals surface area contributed by atoms with Crippen LogP contribution in [0.3, 0.4) is 0 Å². The molecule has 3 heterocycles. The first kappa shape index (κ1) is 20.2. The minimum atomic E-state index is -0.0750. The quantitative estimate of drug-likeness (QED) is 0.634. The number of amides is 1. The third-order valence-electron chi connectivity index (χ3n) is 5.78. The Morgan fingerprint density at radius 2 is 1.87 bits per heavy atom. The first-order chi connectivity index (χ1) is 14.7. The maximum absolute atomic E-state index is 13.3. The van der Waals surface area contributed by atoms with Crippen molar-refractivity contribution in [2.24, 2.45) is 5.92 Å². The lowest BCUT2D eigenvalue weighted by molar-refractivity contribution is -0.134. The summed E-state index contributed by atoms with van der Waals surface area (Å²) in [5, 5.41) is 0. The van der Waals surface area contributed by atoms with Crippen molar-refractivity contribution in [2.45, 2.75) is 19.9 Å². The molecule has 1 saturated heterocycles. The van der Waals surface area contributed by atoms with Crippen LogP contribution in [0.4, 0.5) is 0 Å². The Kier molecular flexibility index (Phi) is 6.50. The van der Waals surface area contributed by atoms with Gasteiger partial charge in [0.25, 0.3) is 0 Å². The van der Waals surface area contributed by atoms with Crippen molar-refractivity contribution in [3.8, 4) is 11.1 Å². The van der Waals surface area contributed by atoms with Crippen LogP contribution in [0.5, 0.6) is 0 Å². The highest BCUT2D eigenvalue weighted by Gasteiger charge is 2.30. The first-order valence-corrected chi connectivity index (χ1v) is 10.6. The van der Waals surface area contributed by atoms with Gasteiger partial charge in [-0.05, 0) is 42.7 Å². The van der Waals surface area contributed by atoms with Gasteiger partial charge in [-0.15, -0.1) is 0 Å². The Morgan fingerprint density at radius 3 is 2.63 bits per heavy atom. The Morgan fingerprint density at radius 1 is 1.00 bits per heavy atom. The van der Waals surface area contributed by atoms with Gasteiger partial charge in [0.1, 0.15) is 0 Å². The molecular weight excluding hydrogens is 372 g/mol. The van der Waals surface area contributed by atoms with Crippen LogP contribution in [0, 0.1) is 5.92 Å². The zero-order valence-electron chi connectivity index (χ0n) is 17.4. The van der Waals surface area contributed by atoms with Crippen LogP contribution in [0.1, 0.15) is 18.2 Å². The van der Waals surface area contributed by atoms with Gasteiger partial charge in [0.2, 0.25) is 5.91 Å². The molecule has 1 atom stereocenters. The van der Waals surface area contributed by atoms with Gasteiger partial charge in [-0.1, -0.05) is 36.4 Å². The van der Waals surface area contributed by atoms with E-state index < -0.39 is 0 Å². The number of hydrogen-bond donors (Lipinski definition) is 0. The van der Waals surface area contributed by atoms with Crippen LogP contribution >= 0.6 is 0 Å². The van der Waals surface area contributed by atoms with E-state index >= 15 is 0 Å². The van der Waals surface area contributed by atoms with Gasteiger partial charge in [-0.3, -0.25) is 19.7 Å². The highest BCUT2D eigenvalue weighted by molar-refractivity contribution is 5.80. The maximum atomic E-state index is 13.3. The van der Waals surface area contributed by atoms with E-state index in [-0.39, 0.29) is 11.8 Å². The summed E-state index contributed by atoms with van der Waals surface area (Å²) in [7, 11) is 0. The zero-order chi connectivity index (χ0) is 20.8. The lowest BCUT2D eigenvalue weighted by atomic mass is 9.91. The number of pyridine rings is 2. The number of likely N-dealkylation sites (N-methyl/N-ethyl adjacent to an activating group) is 1. The van der Waals surface area contributed by atoms with Gasteiger partial charge in [0, 0.05) is 56.9 Å². The third kappa shape index (κ3) is 4.74. The number of nitrogens with zero attached hydrogens (tertiary/aromatic N) is 4. The summed E-state index contributed by atoms with van der Waals surface area (Å²) in [5.41, 5.74) is 4.48. The Balaban J connectivity index is 1.59. The fourth-order valence-electron chi connectivity index (χ4n) is 4.21. The summed E-state index contributed by atoms with van der Waals surface area (Å²) in [6.45, 7) is 5.96. The SMILES string of the molecule is CCN1CCN(Cc2ccccn2)C[C@@H](Cc2ccccc2-c2cccnc2)C1=O. The minimum Gasteiger partial charge on any atom is -0.341 e. The van der Waals surface area contributed by atoms with Crippen molar-refractivity contribution in [1.29, 1.82) is 0 Å². The Bertz CT molecular complexity index is 961. The van der Waals surface area contributed by atoms with Crippen LogP contribution < -0.4 is 0 Å². The molecule has 2 aromatic heterocycles. The molecule has 1 aliphatic heterocycles. The van der Waals surface area contributed by atoms with Crippen LogP contribution in [0.25, 0.3) is 11.1 Å². The lowest BCUT2D eigenvalue weighted by Crippen LogP contribution is -2.37. The molecule has 0 aliphatic carbocycles. The fraction of sp³-hybridized carbons (Fsp3) is 0.320. The number of rotatable bonds is 6. The monoisotopic (exact) mass is 400 g/mol. The molecule has 30 heavy (non-hydrogen) atoms. The molecule has 0 saturated carbocycles. The molecule has 0 radical (unpaired) electrons. The summed E-state index contributed by atoms with van der Waals surface area (Å²) in [5.74, 6) is 0.177.